The van der Waals surface area contributed by atoms with Crippen molar-refractivity contribution in [3.63, 3.8) is 0 Å². The zero-order valence-electron chi connectivity index (χ0n) is 13.1. The summed E-state index contributed by atoms with van der Waals surface area (Å²) >= 11 is 0. The fraction of sp³-hybridized carbons (Fsp3) is 0.600. The molecule has 0 aliphatic rings. The SMILES string of the molecule is Cc1cc(C)c(P(C)C(C)O[Si](C)(C)C)c(C)c1. The molecule has 2 atom stereocenters. The summed E-state index contributed by atoms with van der Waals surface area (Å²) in [6.07, 6.45) is 0. The third kappa shape index (κ3) is 4.19. The second kappa shape index (κ2) is 5.86. The average molecular weight is 282 g/mol. The summed E-state index contributed by atoms with van der Waals surface area (Å²) in [4.78, 5) is 0. The molecule has 0 spiro atoms. The van der Waals surface area contributed by atoms with Gasteiger partial charge >= 0.3 is 0 Å². The van der Waals surface area contributed by atoms with Crippen molar-refractivity contribution < 1.29 is 4.43 Å². The Morgan fingerprint density at radius 3 is 1.89 bits per heavy atom. The van der Waals surface area contributed by atoms with Crippen LogP contribution in [0.5, 0.6) is 0 Å². The first-order valence-corrected chi connectivity index (χ1v) is 11.9. The summed E-state index contributed by atoms with van der Waals surface area (Å²) in [6, 6.07) is 4.59. The van der Waals surface area contributed by atoms with Gasteiger partial charge in [0.25, 0.3) is 0 Å². The quantitative estimate of drug-likeness (QED) is 0.581. The molecular formula is C15H27OPSi. The van der Waals surface area contributed by atoms with Gasteiger partial charge in [-0.25, -0.2) is 0 Å². The first-order valence-electron chi connectivity index (χ1n) is 6.60. The summed E-state index contributed by atoms with van der Waals surface area (Å²) in [7, 11) is -1.69. The highest BCUT2D eigenvalue weighted by atomic mass is 31.1. The Balaban J connectivity index is 3.00. The minimum absolute atomic E-state index is 0.243. The van der Waals surface area contributed by atoms with Gasteiger partial charge in [-0.05, 0) is 78.4 Å². The molecule has 0 saturated carbocycles. The maximum absolute atomic E-state index is 6.26. The third-order valence-electron chi connectivity index (χ3n) is 3.06. The molecule has 0 bridgehead atoms. The van der Waals surface area contributed by atoms with Crippen LogP contribution in [0.15, 0.2) is 12.1 Å². The zero-order chi connectivity index (χ0) is 14.1. The molecule has 1 aromatic carbocycles. The van der Waals surface area contributed by atoms with Gasteiger partial charge < -0.3 is 4.43 Å². The van der Waals surface area contributed by atoms with Crippen molar-refractivity contribution in [2.75, 3.05) is 6.66 Å². The van der Waals surface area contributed by atoms with Gasteiger partial charge in [0.1, 0.15) is 0 Å². The smallest absolute Gasteiger partial charge is 0.184 e. The maximum Gasteiger partial charge on any atom is 0.184 e. The minimum Gasteiger partial charge on any atom is -0.411 e. The molecule has 0 aliphatic carbocycles. The summed E-state index contributed by atoms with van der Waals surface area (Å²) in [6.45, 7) is 18.0. The summed E-state index contributed by atoms with van der Waals surface area (Å²) in [5.41, 5.74) is 4.20. The molecule has 1 rings (SSSR count). The lowest BCUT2D eigenvalue weighted by Gasteiger charge is -2.30. The van der Waals surface area contributed by atoms with Crippen LogP contribution < -0.4 is 5.30 Å². The molecule has 0 amide bonds. The van der Waals surface area contributed by atoms with E-state index in [1.165, 1.54) is 22.0 Å². The van der Waals surface area contributed by atoms with Crippen LogP contribution in [-0.2, 0) is 4.43 Å². The fourth-order valence-electron chi connectivity index (χ4n) is 2.50. The van der Waals surface area contributed by atoms with Crippen molar-refractivity contribution in [2.45, 2.75) is 53.2 Å². The van der Waals surface area contributed by atoms with Crippen molar-refractivity contribution in [1.82, 2.24) is 0 Å². The molecule has 0 N–H and O–H groups in total. The number of hydrogen-bond donors (Lipinski definition) is 0. The van der Waals surface area contributed by atoms with Crippen molar-refractivity contribution in [3.8, 4) is 0 Å². The van der Waals surface area contributed by atoms with Crippen LogP contribution in [0.25, 0.3) is 0 Å². The fourth-order valence-corrected chi connectivity index (χ4v) is 6.71. The van der Waals surface area contributed by atoms with E-state index in [4.69, 9.17) is 4.43 Å². The molecule has 2 unspecified atom stereocenters. The van der Waals surface area contributed by atoms with Crippen molar-refractivity contribution in [1.29, 1.82) is 0 Å². The van der Waals surface area contributed by atoms with E-state index in [0.717, 1.165) is 0 Å². The van der Waals surface area contributed by atoms with Crippen molar-refractivity contribution >= 4 is 21.5 Å². The van der Waals surface area contributed by atoms with Gasteiger partial charge in [-0.2, -0.15) is 0 Å². The molecule has 0 heterocycles. The first kappa shape index (κ1) is 15.9. The number of aryl methyl sites for hydroxylation is 3. The highest BCUT2D eigenvalue weighted by molar-refractivity contribution is 7.65. The van der Waals surface area contributed by atoms with Gasteiger partial charge in [0, 0.05) is 0 Å². The Hall–Kier alpha value is -0.173. The third-order valence-corrected chi connectivity index (χ3v) is 6.92. The lowest BCUT2D eigenvalue weighted by molar-refractivity contribution is 0.297. The van der Waals surface area contributed by atoms with Crippen LogP contribution in [0.4, 0.5) is 0 Å². The van der Waals surface area contributed by atoms with Crippen molar-refractivity contribution in [2.24, 2.45) is 0 Å². The van der Waals surface area contributed by atoms with E-state index in [0.29, 0.717) is 5.85 Å². The van der Waals surface area contributed by atoms with Gasteiger partial charge in [-0.3, -0.25) is 0 Å². The Morgan fingerprint density at radius 2 is 1.50 bits per heavy atom. The lowest BCUT2D eigenvalue weighted by atomic mass is 10.1. The van der Waals surface area contributed by atoms with E-state index < -0.39 is 8.32 Å². The van der Waals surface area contributed by atoms with E-state index in [-0.39, 0.29) is 7.92 Å². The first-order chi connectivity index (χ1) is 8.11. The van der Waals surface area contributed by atoms with Crippen molar-refractivity contribution in [3.05, 3.63) is 28.8 Å². The predicted octanol–water partition coefficient (Wildman–Crippen LogP) is 4.55. The van der Waals surface area contributed by atoms with Crippen LogP contribution in [-0.4, -0.2) is 20.8 Å². The van der Waals surface area contributed by atoms with Crippen LogP contribution in [0.1, 0.15) is 23.6 Å². The van der Waals surface area contributed by atoms with E-state index in [2.05, 4.69) is 66.1 Å². The Morgan fingerprint density at radius 1 is 1.06 bits per heavy atom. The molecule has 0 saturated heterocycles. The van der Waals surface area contributed by atoms with Gasteiger partial charge in [0.2, 0.25) is 0 Å². The van der Waals surface area contributed by atoms with Crippen LogP contribution in [0.3, 0.4) is 0 Å². The molecular weight excluding hydrogens is 255 g/mol. The predicted molar refractivity (Wildman–Crippen MR) is 87.0 cm³/mol. The number of rotatable bonds is 4. The second-order valence-electron chi connectivity index (χ2n) is 6.19. The molecule has 18 heavy (non-hydrogen) atoms. The average Bonchev–Trinajstić information content (AvgIpc) is 2.12. The van der Waals surface area contributed by atoms with Gasteiger partial charge in [-0.1, -0.05) is 17.7 Å². The van der Waals surface area contributed by atoms with Crippen LogP contribution >= 0.6 is 7.92 Å². The summed E-state index contributed by atoms with van der Waals surface area (Å²) in [5, 5.41) is 1.53. The van der Waals surface area contributed by atoms with E-state index in [1.54, 1.807) is 0 Å². The summed E-state index contributed by atoms with van der Waals surface area (Å²) in [5.74, 6) is 0.353. The van der Waals surface area contributed by atoms with E-state index >= 15 is 0 Å². The highest BCUT2D eigenvalue weighted by Crippen LogP contribution is 2.40. The Labute approximate surface area is 115 Å². The molecule has 0 aliphatic heterocycles. The van der Waals surface area contributed by atoms with Gasteiger partial charge in [-0.15, -0.1) is 0 Å². The Kier molecular flexibility index (Phi) is 5.17. The summed E-state index contributed by atoms with van der Waals surface area (Å²) < 4.78 is 6.26. The molecule has 102 valence electrons. The van der Waals surface area contributed by atoms with Crippen LogP contribution in [0.2, 0.25) is 19.6 Å². The Bertz CT molecular complexity index is 400. The largest absolute Gasteiger partial charge is 0.411 e. The van der Waals surface area contributed by atoms with E-state index in [9.17, 15) is 0 Å². The standard InChI is InChI=1S/C15H27OPSi/c1-11-9-12(2)15(13(3)10-11)17(5)14(4)16-18(6,7)8/h9-10,14H,1-8H3. The zero-order valence-corrected chi connectivity index (χ0v) is 15.0. The highest BCUT2D eigenvalue weighted by Gasteiger charge is 2.24. The minimum atomic E-state index is -1.45. The normalized spacial score (nSPS) is 15.6. The van der Waals surface area contributed by atoms with Gasteiger partial charge in [0.05, 0.1) is 5.85 Å². The molecule has 1 aromatic rings. The second-order valence-corrected chi connectivity index (χ2v) is 13.0. The molecule has 0 fully saturated rings. The van der Waals surface area contributed by atoms with Crippen LogP contribution in [0, 0.1) is 20.8 Å². The van der Waals surface area contributed by atoms with Gasteiger partial charge in [0.15, 0.2) is 8.32 Å². The topological polar surface area (TPSA) is 9.23 Å². The number of benzene rings is 1. The molecule has 1 nitrogen and oxygen atoms in total. The molecule has 0 radical (unpaired) electrons. The molecule has 0 aromatic heterocycles. The van der Waals surface area contributed by atoms with E-state index in [1.807, 2.05) is 0 Å². The lowest BCUT2D eigenvalue weighted by Crippen LogP contribution is -2.31. The maximum atomic E-state index is 6.26. The molecule has 3 heteroatoms. The monoisotopic (exact) mass is 282 g/mol. The number of hydrogen-bond acceptors (Lipinski definition) is 1.